The molecule has 2 aromatic rings. The van der Waals surface area contributed by atoms with E-state index >= 15 is 0 Å². The van der Waals surface area contributed by atoms with E-state index in [-0.39, 0.29) is 11.7 Å². The number of thiophene rings is 1. The van der Waals surface area contributed by atoms with Crippen molar-refractivity contribution in [3.05, 3.63) is 70.4 Å². The lowest BCUT2D eigenvalue weighted by atomic mass is 9.90. The zero-order chi connectivity index (χ0) is 18.9. The Morgan fingerprint density at radius 1 is 1.15 bits per heavy atom. The molecule has 0 amide bonds. The summed E-state index contributed by atoms with van der Waals surface area (Å²) in [5, 5.41) is 32.4. The van der Waals surface area contributed by atoms with E-state index in [0.717, 1.165) is 29.7 Å². The van der Waals surface area contributed by atoms with Crippen LogP contribution < -0.4 is 0 Å². The Labute approximate surface area is 160 Å². The third-order valence-electron chi connectivity index (χ3n) is 4.51. The average Bonchev–Trinajstić information content (AvgIpc) is 3.17. The first-order valence-electron chi connectivity index (χ1n) is 9.05. The highest BCUT2D eigenvalue weighted by molar-refractivity contribution is 7.10. The van der Waals surface area contributed by atoms with Gasteiger partial charge >= 0.3 is 0 Å². The maximum Gasteiger partial charge on any atom is 0.115 e. The molecule has 0 bridgehead atoms. The quantitative estimate of drug-likeness (QED) is 0.495. The molecule has 3 atom stereocenters. The molecule has 140 valence electrons. The number of rotatable bonds is 10. The molecule has 3 nitrogen and oxygen atoms in total. The largest absolute Gasteiger partial charge is 0.508 e. The molecule has 0 saturated heterocycles. The second kappa shape index (κ2) is 10.3. The van der Waals surface area contributed by atoms with E-state index in [0.29, 0.717) is 6.42 Å². The zero-order valence-electron chi connectivity index (χ0n) is 15.2. The maximum atomic E-state index is 10.6. The molecule has 0 saturated carbocycles. The first-order chi connectivity index (χ1) is 12.5. The molecule has 0 radical (unpaired) electrons. The molecule has 1 heterocycles. The fourth-order valence-electron chi connectivity index (χ4n) is 3.07. The van der Waals surface area contributed by atoms with Gasteiger partial charge < -0.3 is 15.3 Å². The number of benzene rings is 1. The summed E-state index contributed by atoms with van der Waals surface area (Å²) in [4.78, 5) is 0.849. The Morgan fingerprint density at radius 3 is 2.46 bits per heavy atom. The number of aromatic hydroxyl groups is 1. The number of hydrogen-bond donors (Lipinski definition) is 3. The highest BCUT2D eigenvalue weighted by atomic mass is 32.1. The highest BCUT2D eigenvalue weighted by Gasteiger charge is 2.26. The van der Waals surface area contributed by atoms with Crippen LogP contribution in [0.5, 0.6) is 5.75 Å². The van der Waals surface area contributed by atoms with E-state index in [4.69, 9.17) is 0 Å². The number of aliphatic hydroxyl groups is 2. The molecular formula is C22H28O3S. The summed E-state index contributed by atoms with van der Waals surface area (Å²) in [7, 11) is 0. The smallest absolute Gasteiger partial charge is 0.115 e. The lowest BCUT2D eigenvalue weighted by molar-refractivity contribution is 0.0336. The fraction of sp³-hybridized carbons (Fsp3) is 0.364. The molecule has 0 aliphatic rings. The molecule has 4 heteroatoms. The van der Waals surface area contributed by atoms with E-state index < -0.39 is 12.2 Å². The van der Waals surface area contributed by atoms with E-state index in [1.54, 1.807) is 18.2 Å². The lowest BCUT2D eigenvalue weighted by Gasteiger charge is -2.24. The van der Waals surface area contributed by atoms with Gasteiger partial charge in [-0.05, 0) is 48.4 Å². The normalized spacial score (nSPS) is 15.4. The van der Waals surface area contributed by atoms with E-state index in [9.17, 15) is 15.3 Å². The number of phenolic OH excluding ortho intramolecular Hbond substituents is 1. The van der Waals surface area contributed by atoms with E-state index in [1.165, 1.54) is 16.9 Å². The summed E-state index contributed by atoms with van der Waals surface area (Å²) in [6.45, 7) is 5.93. The van der Waals surface area contributed by atoms with Gasteiger partial charge in [0.25, 0.3) is 0 Å². The second-order valence-corrected chi connectivity index (χ2v) is 7.50. The van der Waals surface area contributed by atoms with Crippen molar-refractivity contribution in [1.82, 2.24) is 0 Å². The predicted octanol–water partition coefficient (Wildman–Crippen LogP) is 5.31. The highest BCUT2D eigenvalue weighted by Crippen LogP contribution is 2.31. The van der Waals surface area contributed by atoms with Crippen molar-refractivity contribution in [3.63, 3.8) is 0 Å². The topological polar surface area (TPSA) is 60.7 Å². The van der Waals surface area contributed by atoms with Crippen LogP contribution in [0, 0.1) is 5.92 Å². The van der Waals surface area contributed by atoms with Crippen LogP contribution in [0.25, 0.3) is 6.08 Å². The summed E-state index contributed by atoms with van der Waals surface area (Å²) in [6, 6.07) is 10.9. The minimum Gasteiger partial charge on any atom is -0.508 e. The summed E-state index contributed by atoms with van der Waals surface area (Å²) in [5.41, 5.74) is 2.30. The van der Waals surface area contributed by atoms with Crippen molar-refractivity contribution >= 4 is 17.4 Å². The van der Waals surface area contributed by atoms with Crippen LogP contribution in [0.4, 0.5) is 0 Å². The lowest BCUT2D eigenvalue weighted by Crippen LogP contribution is -2.24. The zero-order valence-corrected chi connectivity index (χ0v) is 16.0. The Morgan fingerprint density at radius 2 is 1.88 bits per heavy atom. The SMILES string of the molecule is C=C[C@H]([C@H](O)CC/C(=C/c1ccc(O)cc1)CCC)[C@H](O)c1cccs1. The molecule has 1 aromatic heterocycles. The summed E-state index contributed by atoms with van der Waals surface area (Å²) < 4.78 is 0. The van der Waals surface area contributed by atoms with Gasteiger partial charge in [-0.2, -0.15) is 0 Å². The molecule has 3 N–H and O–H groups in total. The predicted molar refractivity (Wildman–Crippen MR) is 109 cm³/mol. The number of phenols is 1. The number of hydrogen-bond acceptors (Lipinski definition) is 4. The van der Waals surface area contributed by atoms with Gasteiger partial charge in [0, 0.05) is 10.8 Å². The van der Waals surface area contributed by atoms with Gasteiger partial charge in [-0.1, -0.05) is 49.3 Å². The molecule has 1 aromatic carbocycles. The average molecular weight is 373 g/mol. The Bertz CT molecular complexity index is 689. The first-order valence-corrected chi connectivity index (χ1v) is 9.93. The molecule has 26 heavy (non-hydrogen) atoms. The van der Waals surface area contributed by atoms with Crippen LogP contribution in [0.2, 0.25) is 0 Å². The van der Waals surface area contributed by atoms with Crippen molar-refractivity contribution in [2.75, 3.05) is 0 Å². The third-order valence-corrected chi connectivity index (χ3v) is 5.45. The standard InChI is InChI=1S/C22H28O3S/c1-3-6-16(15-17-8-11-18(23)12-9-17)10-13-20(24)19(4-2)22(25)21-7-5-14-26-21/h4-5,7-9,11-12,14-15,19-20,22-25H,2-3,6,10,13H2,1H3/b16-15+/t19-,20-,22+/m1/s1. The molecule has 0 fully saturated rings. The van der Waals surface area contributed by atoms with Crippen molar-refractivity contribution in [2.45, 2.75) is 44.8 Å². The first kappa shape index (κ1) is 20.4. The number of aliphatic hydroxyl groups excluding tert-OH is 2. The van der Waals surface area contributed by atoms with Crippen LogP contribution in [0.1, 0.15) is 49.2 Å². The minimum absolute atomic E-state index is 0.256. The second-order valence-electron chi connectivity index (χ2n) is 6.52. The van der Waals surface area contributed by atoms with Crippen molar-refractivity contribution in [2.24, 2.45) is 5.92 Å². The Kier molecular flexibility index (Phi) is 8.10. The van der Waals surface area contributed by atoms with Gasteiger partial charge in [0.15, 0.2) is 0 Å². The molecule has 0 aliphatic carbocycles. The van der Waals surface area contributed by atoms with Gasteiger partial charge in [-0.15, -0.1) is 17.9 Å². The van der Waals surface area contributed by atoms with E-state index in [2.05, 4.69) is 19.6 Å². The van der Waals surface area contributed by atoms with Gasteiger partial charge in [0.2, 0.25) is 0 Å². The van der Waals surface area contributed by atoms with E-state index in [1.807, 2.05) is 29.6 Å². The monoisotopic (exact) mass is 372 g/mol. The van der Waals surface area contributed by atoms with Gasteiger partial charge in [0.05, 0.1) is 12.2 Å². The van der Waals surface area contributed by atoms with Crippen molar-refractivity contribution in [3.8, 4) is 5.75 Å². The fourth-order valence-corrected chi connectivity index (χ4v) is 3.84. The Balaban J connectivity index is 2.02. The molecule has 0 spiro atoms. The van der Waals surface area contributed by atoms with Crippen LogP contribution in [-0.4, -0.2) is 21.4 Å². The molecule has 2 rings (SSSR count). The van der Waals surface area contributed by atoms with Crippen LogP contribution in [0.3, 0.4) is 0 Å². The van der Waals surface area contributed by atoms with Gasteiger partial charge in [-0.25, -0.2) is 0 Å². The molecule has 0 unspecified atom stereocenters. The third kappa shape index (κ3) is 5.84. The summed E-state index contributed by atoms with van der Waals surface area (Å²) >= 11 is 1.49. The van der Waals surface area contributed by atoms with Gasteiger partial charge in [-0.3, -0.25) is 0 Å². The van der Waals surface area contributed by atoms with Crippen molar-refractivity contribution < 1.29 is 15.3 Å². The van der Waals surface area contributed by atoms with Crippen LogP contribution in [0.15, 0.2) is 60.0 Å². The van der Waals surface area contributed by atoms with Crippen molar-refractivity contribution in [1.29, 1.82) is 0 Å². The Hall–Kier alpha value is -1.88. The van der Waals surface area contributed by atoms with Gasteiger partial charge in [0.1, 0.15) is 5.75 Å². The minimum atomic E-state index is -0.724. The number of allylic oxidation sites excluding steroid dienone is 1. The molecular weight excluding hydrogens is 344 g/mol. The summed E-state index contributed by atoms with van der Waals surface area (Å²) in [6.07, 6.45) is 5.72. The van der Waals surface area contributed by atoms with Crippen LogP contribution >= 0.6 is 11.3 Å². The van der Waals surface area contributed by atoms with Crippen LogP contribution in [-0.2, 0) is 0 Å². The maximum absolute atomic E-state index is 10.6. The summed E-state index contributed by atoms with van der Waals surface area (Å²) in [5.74, 6) is -0.129. The molecule has 0 aliphatic heterocycles.